The highest BCUT2D eigenvalue weighted by atomic mass is 15.0. The Kier molecular flexibility index (Phi) is 4.77. The van der Waals surface area contributed by atoms with E-state index in [1.54, 1.807) is 0 Å². The van der Waals surface area contributed by atoms with Crippen LogP contribution in [0.25, 0.3) is 6.08 Å². The van der Waals surface area contributed by atoms with Crippen molar-refractivity contribution in [2.45, 2.75) is 44.3 Å². The van der Waals surface area contributed by atoms with Gasteiger partial charge in [-0.3, -0.25) is 5.32 Å². The minimum absolute atomic E-state index is 0.312. The van der Waals surface area contributed by atoms with Crippen molar-refractivity contribution in [2.24, 2.45) is 0 Å². The molecule has 0 spiro atoms. The normalized spacial score (nSPS) is 25.9. The summed E-state index contributed by atoms with van der Waals surface area (Å²) < 4.78 is 0. The fraction of sp³-hybridized carbons (Fsp3) is 0.467. The molecule has 2 radical (unpaired) electrons. The maximum Gasteiger partial charge on any atom is 0.0928 e. The summed E-state index contributed by atoms with van der Waals surface area (Å²) in [6.07, 6.45) is 9.43. The van der Waals surface area contributed by atoms with Crippen LogP contribution >= 0.6 is 0 Å². The average Bonchev–Trinajstić information content (AvgIpc) is 2.55. The molecule has 0 bridgehead atoms. The number of nitrogens with zero attached hydrogens (tertiary/aromatic N) is 1. The lowest BCUT2D eigenvalue weighted by Crippen LogP contribution is -2.37. The summed E-state index contributed by atoms with van der Waals surface area (Å²) in [5.41, 5.74) is 10.9. The van der Waals surface area contributed by atoms with Gasteiger partial charge in [0.1, 0.15) is 0 Å². The van der Waals surface area contributed by atoms with E-state index in [-0.39, 0.29) is 6.17 Å². The molecule has 1 saturated heterocycles. The molecule has 2 unspecified atom stereocenters. The SMILES string of the molecule is [N]C1CCCCC(CC=Cc2ccccc2)N1. The van der Waals surface area contributed by atoms with E-state index in [1.165, 1.54) is 12.0 Å². The predicted molar refractivity (Wildman–Crippen MR) is 71.4 cm³/mol. The standard InChI is InChI=1S/C15H20N2/c16-15-12-5-4-10-14(17-15)11-6-9-13-7-2-1-3-8-13/h1-3,6-9,14-15,17H,4-5,10-12H2. The lowest BCUT2D eigenvalue weighted by atomic mass is 10.1. The van der Waals surface area contributed by atoms with Gasteiger partial charge in [-0.25, -0.2) is 0 Å². The Labute approximate surface area is 104 Å². The molecule has 1 aliphatic rings. The third kappa shape index (κ3) is 4.33. The van der Waals surface area contributed by atoms with Gasteiger partial charge < -0.3 is 0 Å². The Morgan fingerprint density at radius 1 is 1.18 bits per heavy atom. The highest BCUT2D eigenvalue weighted by Crippen LogP contribution is 2.14. The molecule has 0 amide bonds. The summed E-state index contributed by atoms with van der Waals surface area (Å²) in [6.45, 7) is 0. The largest absolute Gasteiger partial charge is 0.296 e. The van der Waals surface area contributed by atoms with Crippen molar-refractivity contribution in [2.75, 3.05) is 0 Å². The number of rotatable bonds is 3. The lowest BCUT2D eigenvalue weighted by molar-refractivity contribution is 0.431. The number of nitrogens with one attached hydrogen (secondary N) is 1. The molecule has 1 N–H and O–H groups in total. The summed E-state index contributed by atoms with van der Waals surface area (Å²) in [4.78, 5) is 0. The van der Waals surface area contributed by atoms with Crippen molar-refractivity contribution < 1.29 is 0 Å². The van der Waals surface area contributed by atoms with Gasteiger partial charge in [0.05, 0.1) is 6.17 Å². The fourth-order valence-electron chi connectivity index (χ4n) is 2.29. The van der Waals surface area contributed by atoms with E-state index in [4.69, 9.17) is 0 Å². The summed E-state index contributed by atoms with van der Waals surface area (Å²) in [7, 11) is 0. The number of hydrogen-bond acceptors (Lipinski definition) is 1. The fourth-order valence-corrected chi connectivity index (χ4v) is 2.29. The molecule has 1 aromatic rings. The van der Waals surface area contributed by atoms with Crippen molar-refractivity contribution in [3.8, 4) is 0 Å². The second-order valence-electron chi connectivity index (χ2n) is 4.71. The molecule has 17 heavy (non-hydrogen) atoms. The van der Waals surface area contributed by atoms with E-state index in [2.05, 4.69) is 29.6 Å². The van der Waals surface area contributed by atoms with Gasteiger partial charge in [0.2, 0.25) is 0 Å². The second kappa shape index (κ2) is 6.58. The highest BCUT2D eigenvalue weighted by Gasteiger charge is 2.15. The van der Waals surface area contributed by atoms with Crippen LogP contribution < -0.4 is 11.1 Å². The van der Waals surface area contributed by atoms with Gasteiger partial charge in [0, 0.05) is 6.04 Å². The number of benzene rings is 1. The maximum atomic E-state index is 9.64. The molecule has 0 saturated carbocycles. The molecular weight excluding hydrogens is 208 g/mol. The van der Waals surface area contributed by atoms with E-state index in [0.717, 1.165) is 25.7 Å². The molecule has 1 aliphatic heterocycles. The minimum Gasteiger partial charge on any atom is -0.296 e. The summed E-state index contributed by atoms with van der Waals surface area (Å²) in [5, 5.41) is 3.27. The van der Waals surface area contributed by atoms with Crippen molar-refractivity contribution in [3.63, 3.8) is 0 Å². The average molecular weight is 228 g/mol. The first-order chi connectivity index (χ1) is 8.34. The van der Waals surface area contributed by atoms with E-state index in [0.29, 0.717) is 6.04 Å². The van der Waals surface area contributed by atoms with E-state index >= 15 is 0 Å². The van der Waals surface area contributed by atoms with Crippen molar-refractivity contribution >= 4 is 6.08 Å². The van der Waals surface area contributed by atoms with Crippen LogP contribution in [0.4, 0.5) is 0 Å². The van der Waals surface area contributed by atoms with Crippen molar-refractivity contribution in [1.29, 1.82) is 0 Å². The highest BCUT2D eigenvalue weighted by molar-refractivity contribution is 5.48. The molecule has 2 nitrogen and oxygen atoms in total. The predicted octanol–water partition coefficient (Wildman–Crippen LogP) is 3.02. The van der Waals surface area contributed by atoms with Crippen LogP contribution in [0.2, 0.25) is 0 Å². The molecule has 1 fully saturated rings. The molecule has 1 heterocycles. The smallest absolute Gasteiger partial charge is 0.0928 e. The Morgan fingerprint density at radius 3 is 2.76 bits per heavy atom. The molecule has 0 aromatic heterocycles. The van der Waals surface area contributed by atoms with Crippen LogP contribution in [-0.2, 0) is 0 Å². The van der Waals surface area contributed by atoms with Gasteiger partial charge in [-0.15, -0.1) is 5.73 Å². The zero-order valence-corrected chi connectivity index (χ0v) is 10.2. The van der Waals surface area contributed by atoms with Gasteiger partial charge in [0.15, 0.2) is 0 Å². The van der Waals surface area contributed by atoms with Crippen LogP contribution in [0.5, 0.6) is 0 Å². The Bertz CT molecular complexity index is 345. The minimum atomic E-state index is -0.312. The number of hydrogen-bond donors (Lipinski definition) is 1. The van der Waals surface area contributed by atoms with E-state index in [1.807, 2.05) is 18.2 Å². The molecule has 2 atom stereocenters. The molecule has 2 heteroatoms. The Hall–Kier alpha value is -1.12. The van der Waals surface area contributed by atoms with Gasteiger partial charge in [-0.05, 0) is 24.8 Å². The summed E-state index contributed by atoms with van der Waals surface area (Å²) >= 11 is 0. The Morgan fingerprint density at radius 2 is 1.94 bits per heavy atom. The molecule has 1 aromatic carbocycles. The van der Waals surface area contributed by atoms with Crippen molar-refractivity contribution in [1.82, 2.24) is 11.1 Å². The Balaban J connectivity index is 1.82. The first-order valence-electron chi connectivity index (χ1n) is 6.50. The second-order valence-corrected chi connectivity index (χ2v) is 4.71. The first-order valence-corrected chi connectivity index (χ1v) is 6.50. The van der Waals surface area contributed by atoms with E-state index in [9.17, 15) is 5.73 Å². The third-order valence-corrected chi connectivity index (χ3v) is 3.24. The monoisotopic (exact) mass is 228 g/mol. The van der Waals surface area contributed by atoms with Gasteiger partial charge in [0.25, 0.3) is 0 Å². The zero-order valence-electron chi connectivity index (χ0n) is 10.2. The van der Waals surface area contributed by atoms with Crippen LogP contribution in [0.1, 0.15) is 37.7 Å². The molecule has 90 valence electrons. The lowest BCUT2D eigenvalue weighted by Gasteiger charge is -2.16. The van der Waals surface area contributed by atoms with E-state index < -0.39 is 0 Å². The van der Waals surface area contributed by atoms with Gasteiger partial charge in [-0.2, -0.15) is 0 Å². The first kappa shape index (κ1) is 12.3. The summed E-state index contributed by atoms with van der Waals surface area (Å²) in [5.74, 6) is 0. The zero-order chi connectivity index (χ0) is 11.9. The van der Waals surface area contributed by atoms with Crippen LogP contribution in [-0.4, -0.2) is 12.2 Å². The van der Waals surface area contributed by atoms with Crippen LogP contribution in [0, 0.1) is 0 Å². The van der Waals surface area contributed by atoms with Gasteiger partial charge >= 0.3 is 0 Å². The third-order valence-electron chi connectivity index (χ3n) is 3.24. The van der Waals surface area contributed by atoms with Gasteiger partial charge in [-0.1, -0.05) is 55.3 Å². The molecule has 2 rings (SSSR count). The van der Waals surface area contributed by atoms with Crippen LogP contribution in [0.3, 0.4) is 0 Å². The van der Waals surface area contributed by atoms with Crippen LogP contribution in [0.15, 0.2) is 36.4 Å². The molecule has 0 aliphatic carbocycles. The summed E-state index contributed by atoms with van der Waals surface area (Å²) in [6, 6.07) is 10.8. The molecular formula is C15H20N2. The maximum absolute atomic E-state index is 9.64. The quantitative estimate of drug-likeness (QED) is 0.847. The topological polar surface area (TPSA) is 34.3 Å². The van der Waals surface area contributed by atoms with Crippen molar-refractivity contribution in [3.05, 3.63) is 42.0 Å².